The van der Waals surface area contributed by atoms with E-state index in [0.29, 0.717) is 11.5 Å². The Bertz CT molecular complexity index is 363. The van der Waals surface area contributed by atoms with Crippen molar-refractivity contribution in [3.63, 3.8) is 0 Å². The Morgan fingerprint density at radius 2 is 2.00 bits per heavy atom. The van der Waals surface area contributed by atoms with Gasteiger partial charge in [0.15, 0.2) is 0 Å². The van der Waals surface area contributed by atoms with E-state index >= 15 is 0 Å². The van der Waals surface area contributed by atoms with Crippen molar-refractivity contribution in [3.8, 4) is 6.07 Å². The fourth-order valence-corrected chi connectivity index (χ4v) is 1.89. The van der Waals surface area contributed by atoms with Gasteiger partial charge >= 0.3 is 0 Å². The van der Waals surface area contributed by atoms with Crippen molar-refractivity contribution in [2.75, 3.05) is 0 Å². The number of hydrogen-bond donors (Lipinski definition) is 1. The minimum atomic E-state index is -0.446. The minimum Gasteiger partial charge on any atom is -0.388 e. The number of nitrogens with zero attached hydrogens (tertiary/aromatic N) is 1. The summed E-state index contributed by atoms with van der Waals surface area (Å²) in [6, 6.07) is 9.33. The molecule has 1 atom stereocenters. The summed E-state index contributed by atoms with van der Waals surface area (Å²) in [6.45, 7) is 4.29. The lowest BCUT2D eigenvalue weighted by molar-refractivity contribution is 0.141. The standard InChI is InChI=1S/C14H19NO/c1-3-11(4-2)9-14(16)13-7-5-6-12(8-13)10-15/h5-8,11,14,16H,3-4,9H2,1-2H3. The SMILES string of the molecule is CCC(CC)CC(O)c1cccc(C#N)c1. The Kier molecular flexibility index (Phi) is 5.01. The summed E-state index contributed by atoms with van der Waals surface area (Å²) in [5, 5.41) is 18.9. The fourth-order valence-electron chi connectivity index (χ4n) is 1.89. The largest absolute Gasteiger partial charge is 0.388 e. The fraction of sp³-hybridized carbons (Fsp3) is 0.500. The number of nitriles is 1. The molecule has 1 rings (SSSR count). The molecule has 1 aromatic rings. The lowest BCUT2D eigenvalue weighted by Crippen LogP contribution is -2.06. The lowest BCUT2D eigenvalue weighted by Gasteiger charge is -2.17. The smallest absolute Gasteiger partial charge is 0.0991 e. The number of rotatable bonds is 5. The van der Waals surface area contributed by atoms with Crippen molar-refractivity contribution in [2.45, 2.75) is 39.2 Å². The van der Waals surface area contributed by atoms with Gasteiger partial charge in [0.05, 0.1) is 17.7 Å². The first-order chi connectivity index (χ1) is 7.71. The monoisotopic (exact) mass is 217 g/mol. The summed E-state index contributed by atoms with van der Waals surface area (Å²) in [5.41, 5.74) is 1.46. The van der Waals surface area contributed by atoms with Crippen molar-refractivity contribution in [1.82, 2.24) is 0 Å². The van der Waals surface area contributed by atoms with Gasteiger partial charge in [-0.05, 0) is 30.0 Å². The van der Waals surface area contributed by atoms with Crippen molar-refractivity contribution in [1.29, 1.82) is 5.26 Å². The van der Waals surface area contributed by atoms with Crippen LogP contribution >= 0.6 is 0 Å². The number of benzene rings is 1. The maximum absolute atomic E-state index is 10.1. The first kappa shape index (κ1) is 12.7. The quantitative estimate of drug-likeness (QED) is 0.821. The molecule has 0 aliphatic rings. The molecule has 0 bridgehead atoms. The van der Waals surface area contributed by atoms with Gasteiger partial charge in [0, 0.05) is 0 Å². The molecule has 0 fully saturated rings. The molecular formula is C14H19NO. The molecule has 0 aliphatic heterocycles. The van der Waals surface area contributed by atoms with Crippen molar-refractivity contribution >= 4 is 0 Å². The van der Waals surface area contributed by atoms with E-state index in [1.54, 1.807) is 12.1 Å². The van der Waals surface area contributed by atoms with E-state index in [2.05, 4.69) is 19.9 Å². The van der Waals surface area contributed by atoms with Crippen LogP contribution in [-0.2, 0) is 0 Å². The molecule has 0 aliphatic carbocycles. The molecule has 1 aromatic carbocycles. The van der Waals surface area contributed by atoms with Crippen LogP contribution in [0.1, 0.15) is 50.3 Å². The highest BCUT2D eigenvalue weighted by Gasteiger charge is 2.13. The van der Waals surface area contributed by atoms with Crippen LogP contribution in [0.15, 0.2) is 24.3 Å². The maximum Gasteiger partial charge on any atom is 0.0991 e. The predicted octanol–water partition coefficient (Wildman–Crippen LogP) is 3.42. The first-order valence-electron chi connectivity index (χ1n) is 5.89. The molecule has 86 valence electrons. The number of hydrogen-bond acceptors (Lipinski definition) is 2. The molecule has 0 amide bonds. The van der Waals surface area contributed by atoms with Crippen LogP contribution in [-0.4, -0.2) is 5.11 Å². The summed E-state index contributed by atoms with van der Waals surface area (Å²) in [6.07, 6.45) is 2.51. The Morgan fingerprint density at radius 1 is 1.31 bits per heavy atom. The predicted molar refractivity (Wildman–Crippen MR) is 64.8 cm³/mol. The van der Waals surface area contributed by atoms with Crippen LogP contribution in [0.4, 0.5) is 0 Å². The zero-order chi connectivity index (χ0) is 12.0. The highest BCUT2D eigenvalue weighted by Crippen LogP contribution is 2.25. The summed E-state index contributed by atoms with van der Waals surface area (Å²) >= 11 is 0. The van der Waals surface area contributed by atoms with Gasteiger partial charge in [0.2, 0.25) is 0 Å². The molecule has 2 nitrogen and oxygen atoms in total. The molecule has 0 saturated heterocycles. The lowest BCUT2D eigenvalue weighted by atomic mass is 9.92. The second kappa shape index (κ2) is 6.30. The van der Waals surface area contributed by atoms with E-state index in [0.717, 1.165) is 24.8 Å². The van der Waals surface area contributed by atoms with Crippen LogP contribution in [0.5, 0.6) is 0 Å². The average Bonchev–Trinajstić information content (AvgIpc) is 2.35. The van der Waals surface area contributed by atoms with Gasteiger partial charge in [-0.25, -0.2) is 0 Å². The third-order valence-corrected chi connectivity index (χ3v) is 3.11. The van der Waals surface area contributed by atoms with Crippen LogP contribution in [0.2, 0.25) is 0 Å². The molecule has 1 unspecified atom stereocenters. The van der Waals surface area contributed by atoms with Crippen LogP contribution in [0, 0.1) is 17.2 Å². The van der Waals surface area contributed by atoms with E-state index in [-0.39, 0.29) is 0 Å². The molecule has 0 aromatic heterocycles. The summed E-state index contributed by atoms with van der Waals surface area (Å²) < 4.78 is 0. The van der Waals surface area contributed by atoms with Crippen LogP contribution < -0.4 is 0 Å². The Hall–Kier alpha value is -1.33. The Labute approximate surface area is 97.5 Å². The number of aliphatic hydroxyl groups excluding tert-OH is 1. The van der Waals surface area contributed by atoms with Crippen molar-refractivity contribution in [3.05, 3.63) is 35.4 Å². The van der Waals surface area contributed by atoms with Crippen molar-refractivity contribution in [2.24, 2.45) is 5.92 Å². The summed E-state index contributed by atoms with van der Waals surface area (Å²) in [7, 11) is 0. The van der Waals surface area contributed by atoms with E-state index in [1.807, 2.05) is 12.1 Å². The summed E-state index contributed by atoms with van der Waals surface area (Å²) in [4.78, 5) is 0. The van der Waals surface area contributed by atoms with Gasteiger partial charge in [0.25, 0.3) is 0 Å². The number of aliphatic hydroxyl groups is 1. The summed E-state index contributed by atoms with van der Waals surface area (Å²) in [5.74, 6) is 0.556. The first-order valence-corrected chi connectivity index (χ1v) is 5.89. The second-order valence-corrected chi connectivity index (χ2v) is 4.17. The highest BCUT2D eigenvalue weighted by atomic mass is 16.3. The molecule has 2 heteroatoms. The molecule has 0 heterocycles. The van der Waals surface area contributed by atoms with Crippen molar-refractivity contribution < 1.29 is 5.11 Å². The van der Waals surface area contributed by atoms with E-state index in [9.17, 15) is 5.11 Å². The molecule has 0 spiro atoms. The molecule has 0 saturated carbocycles. The van der Waals surface area contributed by atoms with E-state index in [1.165, 1.54) is 0 Å². The zero-order valence-electron chi connectivity index (χ0n) is 9.98. The Balaban J connectivity index is 2.72. The van der Waals surface area contributed by atoms with Gasteiger partial charge in [-0.2, -0.15) is 5.26 Å². The molecule has 1 N–H and O–H groups in total. The highest BCUT2D eigenvalue weighted by molar-refractivity contribution is 5.33. The van der Waals surface area contributed by atoms with E-state index in [4.69, 9.17) is 5.26 Å². The van der Waals surface area contributed by atoms with Gasteiger partial charge in [0.1, 0.15) is 0 Å². The molecule has 16 heavy (non-hydrogen) atoms. The van der Waals surface area contributed by atoms with Crippen LogP contribution in [0.3, 0.4) is 0 Å². The van der Waals surface area contributed by atoms with E-state index < -0.39 is 6.10 Å². The zero-order valence-corrected chi connectivity index (χ0v) is 9.98. The van der Waals surface area contributed by atoms with Gasteiger partial charge in [-0.3, -0.25) is 0 Å². The second-order valence-electron chi connectivity index (χ2n) is 4.17. The Morgan fingerprint density at radius 3 is 2.56 bits per heavy atom. The third-order valence-electron chi connectivity index (χ3n) is 3.11. The topological polar surface area (TPSA) is 44.0 Å². The van der Waals surface area contributed by atoms with Crippen LogP contribution in [0.25, 0.3) is 0 Å². The maximum atomic E-state index is 10.1. The normalized spacial score (nSPS) is 12.4. The molecular weight excluding hydrogens is 198 g/mol. The average molecular weight is 217 g/mol. The van der Waals surface area contributed by atoms with Gasteiger partial charge in [-0.15, -0.1) is 0 Å². The van der Waals surface area contributed by atoms with Gasteiger partial charge < -0.3 is 5.11 Å². The third kappa shape index (κ3) is 3.36. The van der Waals surface area contributed by atoms with Gasteiger partial charge in [-0.1, -0.05) is 38.8 Å². The molecule has 0 radical (unpaired) electrons. The minimum absolute atomic E-state index is 0.446.